The van der Waals surface area contributed by atoms with E-state index in [1.807, 2.05) is 48.3 Å². The number of hydrogen-bond donors (Lipinski definition) is 0. The van der Waals surface area contributed by atoms with E-state index < -0.39 is 0 Å². The molecule has 1 aliphatic heterocycles. The number of amides is 1. The molecule has 138 valence electrons. The monoisotopic (exact) mass is 416 g/mol. The SMILES string of the molecule is COc1ccc(Br)cc1CN(C)C(=O)[C@H]1CCCN1Cc1ccccc1. The fraction of sp³-hybridized carbons (Fsp3) is 0.381. The van der Waals surface area contributed by atoms with Crippen LogP contribution in [0, 0.1) is 0 Å². The molecule has 0 saturated carbocycles. The molecule has 0 radical (unpaired) electrons. The van der Waals surface area contributed by atoms with Crippen LogP contribution < -0.4 is 4.74 Å². The Kier molecular flexibility index (Phi) is 6.33. The number of carbonyl (C=O) groups excluding carboxylic acids is 1. The number of benzene rings is 2. The van der Waals surface area contributed by atoms with E-state index >= 15 is 0 Å². The highest BCUT2D eigenvalue weighted by molar-refractivity contribution is 9.10. The average Bonchev–Trinajstić information content (AvgIpc) is 3.10. The molecule has 0 aliphatic carbocycles. The molecular weight excluding hydrogens is 392 g/mol. The maximum absolute atomic E-state index is 13.1. The van der Waals surface area contributed by atoms with Gasteiger partial charge in [-0.15, -0.1) is 0 Å². The molecule has 2 aromatic rings. The maximum Gasteiger partial charge on any atom is 0.239 e. The lowest BCUT2D eigenvalue weighted by Gasteiger charge is -2.28. The quantitative estimate of drug-likeness (QED) is 0.710. The van der Waals surface area contributed by atoms with Gasteiger partial charge in [-0.05, 0) is 43.1 Å². The number of carbonyl (C=O) groups is 1. The third-order valence-corrected chi connectivity index (χ3v) is 5.40. The second-order valence-electron chi connectivity index (χ2n) is 6.76. The van der Waals surface area contributed by atoms with Crippen LogP contribution in [-0.4, -0.2) is 42.5 Å². The molecule has 5 heteroatoms. The van der Waals surface area contributed by atoms with Crippen molar-refractivity contribution in [2.45, 2.75) is 32.0 Å². The number of nitrogens with zero attached hydrogens (tertiary/aromatic N) is 2. The fourth-order valence-electron chi connectivity index (χ4n) is 3.57. The molecule has 0 unspecified atom stereocenters. The highest BCUT2D eigenvalue weighted by Crippen LogP contribution is 2.26. The topological polar surface area (TPSA) is 32.8 Å². The summed E-state index contributed by atoms with van der Waals surface area (Å²) in [6, 6.07) is 16.2. The molecule has 1 heterocycles. The van der Waals surface area contributed by atoms with E-state index in [0.717, 1.165) is 41.7 Å². The van der Waals surface area contributed by atoms with Gasteiger partial charge in [-0.25, -0.2) is 0 Å². The van der Waals surface area contributed by atoms with E-state index in [9.17, 15) is 4.79 Å². The van der Waals surface area contributed by atoms with Gasteiger partial charge in [-0.3, -0.25) is 9.69 Å². The zero-order valence-electron chi connectivity index (χ0n) is 15.3. The molecule has 4 nitrogen and oxygen atoms in total. The number of rotatable bonds is 6. The van der Waals surface area contributed by atoms with Crippen molar-refractivity contribution in [1.82, 2.24) is 9.80 Å². The van der Waals surface area contributed by atoms with E-state index in [4.69, 9.17) is 4.74 Å². The van der Waals surface area contributed by atoms with Gasteiger partial charge in [-0.1, -0.05) is 46.3 Å². The van der Waals surface area contributed by atoms with Gasteiger partial charge in [-0.2, -0.15) is 0 Å². The zero-order chi connectivity index (χ0) is 18.5. The summed E-state index contributed by atoms with van der Waals surface area (Å²) in [6.45, 7) is 2.34. The van der Waals surface area contributed by atoms with Crippen molar-refractivity contribution < 1.29 is 9.53 Å². The lowest BCUT2D eigenvalue weighted by Crippen LogP contribution is -2.43. The molecule has 0 bridgehead atoms. The third-order valence-electron chi connectivity index (χ3n) is 4.90. The van der Waals surface area contributed by atoms with E-state index in [1.165, 1.54) is 5.56 Å². The zero-order valence-corrected chi connectivity index (χ0v) is 16.9. The number of halogens is 1. The first-order valence-corrected chi connectivity index (χ1v) is 9.73. The number of methoxy groups -OCH3 is 1. The standard InChI is InChI=1S/C21H25BrN2O2/c1-23(15-17-13-18(22)10-11-20(17)26-2)21(25)19-9-6-12-24(19)14-16-7-4-3-5-8-16/h3-5,7-8,10-11,13,19H,6,9,12,14-15H2,1-2H3/t19-/m1/s1. The summed E-state index contributed by atoms with van der Waals surface area (Å²) in [4.78, 5) is 17.2. The lowest BCUT2D eigenvalue weighted by atomic mass is 10.1. The van der Waals surface area contributed by atoms with Crippen LogP contribution in [0.25, 0.3) is 0 Å². The van der Waals surface area contributed by atoms with Crippen molar-refractivity contribution in [3.05, 3.63) is 64.1 Å². The van der Waals surface area contributed by atoms with Crippen molar-refractivity contribution in [3.63, 3.8) is 0 Å². The van der Waals surface area contributed by atoms with Gasteiger partial charge in [0.15, 0.2) is 0 Å². The molecule has 1 aliphatic rings. The molecule has 3 rings (SSSR count). The minimum Gasteiger partial charge on any atom is -0.496 e. The Morgan fingerprint density at radius 1 is 1.27 bits per heavy atom. The van der Waals surface area contributed by atoms with Crippen LogP contribution in [0.2, 0.25) is 0 Å². The van der Waals surface area contributed by atoms with Crippen LogP contribution in [0.1, 0.15) is 24.0 Å². The molecule has 0 spiro atoms. The molecular formula is C21H25BrN2O2. The summed E-state index contributed by atoms with van der Waals surface area (Å²) >= 11 is 3.50. The Balaban J connectivity index is 1.68. The van der Waals surface area contributed by atoms with Crippen LogP contribution in [0.5, 0.6) is 5.75 Å². The number of likely N-dealkylation sites (tertiary alicyclic amines) is 1. The molecule has 2 aromatic carbocycles. The Hall–Kier alpha value is -1.85. The van der Waals surface area contributed by atoms with Crippen LogP contribution >= 0.6 is 15.9 Å². The highest BCUT2D eigenvalue weighted by atomic mass is 79.9. The Labute approximate surface area is 163 Å². The van der Waals surface area contributed by atoms with Crippen LogP contribution in [0.15, 0.2) is 53.0 Å². The smallest absolute Gasteiger partial charge is 0.239 e. The first-order valence-electron chi connectivity index (χ1n) is 8.94. The second kappa shape index (κ2) is 8.69. The Morgan fingerprint density at radius 3 is 2.77 bits per heavy atom. The number of likely N-dealkylation sites (N-methyl/N-ethyl adjacent to an activating group) is 1. The minimum atomic E-state index is -0.0432. The molecule has 1 amide bonds. The molecule has 0 aromatic heterocycles. The number of hydrogen-bond acceptors (Lipinski definition) is 3. The minimum absolute atomic E-state index is 0.0432. The second-order valence-corrected chi connectivity index (χ2v) is 7.68. The molecule has 0 N–H and O–H groups in total. The Morgan fingerprint density at radius 2 is 2.04 bits per heavy atom. The fourth-order valence-corrected chi connectivity index (χ4v) is 3.98. The summed E-state index contributed by atoms with van der Waals surface area (Å²) in [6.07, 6.45) is 1.99. The van der Waals surface area contributed by atoms with Gasteiger partial charge in [0, 0.05) is 30.2 Å². The summed E-state index contributed by atoms with van der Waals surface area (Å²) < 4.78 is 6.42. The predicted molar refractivity (Wildman–Crippen MR) is 107 cm³/mol. The first kappa shape index (κ1) is 18.9. The first-order chi connectivity index (χ1) is 12.6. The molecule has 1 saturated heterocycles. The van der Waals surface area contributed by atoms with Gasteiger partial charge in [0.1, 0.15) is 5.75 Å². The summed E-state index contributed by atoms with van der Waals surface area (Å²) in [5, 5.41) is 0. The van der Waals surface area contributed by atoms with Gasteiger partial charge in [0.2, 0.25) is 5.91 Å². The van der Waals surface area contributed by atoms with Gasteiger partial charge >= 0.3 is 0 Å². The van der Waals surface area contributed by atoms with Crippen LogP contribution in [-0.2, 0) is 17.9 Å². The van der Waals surface area contributed by atoms with Crippen molar-refractivity contribution in [2.24, 2.45) is 0 Å². The van der Waals surface area contributed by atoms with Gasteiger partial charge in [0.05, 0.1) is 13.2 Å². The van der Waals surface area contributed by atoms with Gasteiger partial charge < -0.3 is 9.64 Å². The molecule has 1 atom stereocenters. The van der Waals surface area contributed by atoms with E-state index in [1.54, 1.807) is 7.11 Å². The van der Waals surface area contributed by atoms with Crippen molar-refractivity contribution >= 4 is 21.8 Å². The molecule has 26 heavy (non-hydrogen) atoms. The van der Waals surface area contributed by atoms with Crippen LogP contribution in [0.3, 0.4) is 0 Å². The van der Waals surface area contributed by atoms with E-state index in [2.05, 4.69) is 33.0 Å². The van der Waals surface area contributed by atoms with Crippen LogP contribution in [0.4, 0.5) is 0 Å². The van der Waals surface area contributed by atoms with E-state index in [0.29, 0.717) is 6.54 Å². The highest BCUT2D eigenvalue weighted by Gasteiger charge is 2.32. The lowest BCUT2D eigenvalue weighted by molar-refractivity contribution is -0.135. The van der Waals surface area contributed by atoms with Gasteiger partial charge in [0.25, 0.3) is 0 Å². The Bertz CT molecular complexity index is 751. The average molecular weight is 417 g/mol. The predicted octanol–water partition coefficient (Wildman–Crippen LogP) is 4.08. The molecule has 1 fully saturated rings. The summed E-state index contributed by atoms with van der Waals surface area (Å²) in [5.41, 5.74) is 2.26. The summed E-state index contributed by atoms with van der Waals surface area (Å²) in [5.74, 6) is 0.987. The van der Waals surface area contributed by atoms with Crippen molar-refractivity contribution in [3.8, 4) is 5.75 Å². The van der Waals surface area contributed by atoms with Crippen molar-refractivity contribution in [2.75, 3.05) is 20.7 Å². The van der Waals surface area contributed by atoms with Crippen molar-refractivity contribution in [1.29, 1.82) is 0 Å². The maximum atomic E-state index is 13.1. The largest absolute Gasteiger partial charge is 0.496 e. The normalized spacial score (nSPS) is 17.3. The number of ether oxygens (including phenoxy) is 1. The summed E-state index contributed by atoms with van der Waals surface area (Å²) in [7, 11) is 3.54. The third kappa shape index (κ3) is 4.46. The van der Waals surface area contributed by atoms with E-state index in [-0.39, 0.29) is 11.9 Å².